The molecule has 2 fully saturated rings. The second kappa shape index (κ2) is 5.35. The van der Waals surface area contributed by atoms with Crippen molar-refractivity contribution in [3.8, 4) is 0 Å². The Labute approximate surface area is 128 Å². The zero-order valence-corrected chi connectivity index (χ0v) is 12.7. The molecule has 22 heavy (non-hydrogen) atoms. The van der Waals surface area contributed by atoms with Crippen molar-refractivity contribution >= 4 is 0 Å². The highest BCUT2D eigenvalue weighted by Gasteiger charge is 2.30. The van der Waals surface area contributed by atoms with E-state index in [9.17, 15) is 4.79 Å². The number of rotatable bonds is 5. The van der Waals surface area contributed by atoms with Crippen molar-refractivity contribution < 1.29 is 4.52 Å². The van der Waals surface area contributed by atoms with Crippen LogP contribution in [0.5, 0.6) is 0 Å². The Morgan fingerprint density at radius 1 is 1.32 bits per heavy atom. The predicted octanol–water partition coefficient (Wildman–Crippen LogP) is 1.55. The van der Waals surface area contributed by atoms with Crippen LogP contribution in [0.1, 0.15) is 35.9 Å². The van der Waals surface area contributed by atoms with Crippen molar-refractivity contribution in [1.82, 2.24) is 19.8 Å². The Bertz CT molecular complexity index is 726. The molecular formula is C16H20N4O2. The quantitative estimate of drug-likeness (QED) is 0.838. The van der Waals surface area contributed by atoms with Crippen LogP contribution in [0.15, 0.2) is 27.5 Å². The summed E-state index contributed by atoms with van der Waals surface area (Å²) in [7, 11) is 0. The van der Waals surface area contributed by atoms with Gasteiger partial charge in [-0.1, -0.05) is 5.16 Å². The molecule has 2 aromatic heterocycles. The zero-order valence-electron chi connectivity index (χ0n) is 12.7. The lowest BCUT2D eigenvalue weighted by atomic mass is 10.00. The van der Waals surface area contributed by atoms with Gasteiger partial charge in [0.2, 0.25) is 0 Å². The molecule has 1 saturated heterocycles. The summed E-state index contributed by atoms with van der Waals surface area (Å²) in [6.45, 7) is 5.40. The average molecular weight is 300 g/mol. The molecule has 0 radical (unpaired) electrons. The van der Waals surface area contributed by atoms with Crippen molar-refractivity contribution in [1.29, 1.82) is 0 Å². The smallest absolute Gasteiger partial charge is 0.266 e. The van der Waals surface area contributed by atoms with Crippen LogP contribution in [0.4, 0.5) is 0 Å². The van der Waals surface area contributed by atoms with E-state index in [0.29, 0.717) is 18.4 Å². The maximum Gasteiger partial charge on any atom is 0.266 e. The van der Waals surface area contributed by atoms with E-state index in [4.69, 9.17) is 4.52 Å². The summed E-state index contributed by atoms with van der Waals surface area (Å²) in [6, 6.07) is 5.44. The monoisotopic (exact) mass is 300 g/mol. The van der Waals surface area contributed by atoms with Crippen molar-refractivity contribution in [2.24, 2.45) is 5.92 Å². The summed E-state index contributed by atoms with van der Waals surface area (Å²) < 4.78 is 6.96. The van der Waals surface area contributed by atoms with E-state index in [1.54, 1.807) is 16.8 Å². The second-order valence-electron chi connectivity index (χ2n) is 6.55. The van der Waals surface area contributed by atoms with Crippen LogP contribution in [0.3, 0.4) is 0 Å². The standard InChI is InChI=1S/C16H20N4O2/c1-11-2-5-16(21)20(17-11)9-12-7-19(8-12)10-14-6-15(22-18-14)13-3-4-13/h2,5-6,12-13H,3-4,7-10H2,1H3. The molecular weight excluding hydrogens is 280 g/mol. The highest BCUT2D eigenvalue weighted by atomic mass is 16.5. The van der Waals surface area contributed by atoms with Crippen LogP contribution in [-0.2, 0) is 13.1 Å². The van der Waals surface area contributed by atoms with Gasteiger partial charge in [-0.05, 0) is 25.8 Å². The van der Waals surface area contributed by atoms with E-state index in [2.05, 4.69) is 21.2 Å². The van der Waals surface area contributed by atoms with Crippen LogP contribution in [-0.4, -0.2) is 32.9 Å². The summed E-state index contributed by atoms with van der Waals surface area (Å²) in [5, 5.41) is 8.44. The summed E-state index contributed by atoms with van der Waals surface area (Å²) in [5.74, 6) is 2.15. The molecule has 116 valence electrons. The van der Waals surface area contributed by atoms with Crippen LogP contribution in [0, 0.1) is 12.8 Å². The molecule has 6 nitrogen and oxygen atoms in total. The van der Waals surface area contributed by atoms with E-state index >= 15 is 0 Å². The van der Waals surface area contributed by atoms with Crippen LogP contribution >= 0.6 is 0 Å². The van der Waals surface area contributed by atoms with Crippen molar-refractivity contribution in [3.63, 3.8) is 0 Å². The summed E-state index contributed by atoms with van der Waals surface area (Å²) >= 11 is 0. The van der Waals surface area contributed by atoms with E-state index in [1.165, 1.54) is 12.8 Å². The largest absolute Gasteiger partial charge is 0.361 e. The highest BCUT2D eigenvalue weighted by Crippen LogP contribution is 2.40. The van der Waals surface area contributed by atoms with E-state index < -0.39 is 0 Å². The number of likely N-dealkylation sites (tertiary alicyclic amines) is 1. The number of nitrogens with zero attached hydrogens (tertiary/aromatic N) is 4. The first kappa shape index (κ1) is 13.7. The SMILES string of the molecule is Cc1ccc(=O)n(CC2CN(Cc3cc(C4CC4)on3)C2)n1. The fourth-order valence-electron chi connectivity index (χ4n) is 3.04. The molecule has 1 saturated carbocycles. The first-order valence-corrected chi connectivity index (χ1v) is 7.90. The van der Waals surface area contributed by atoms with E-state index in [1.807, 2.05) is 6.92 Å². The van der Waals surface area contributed by atoms with Gasteiger partial charge < -0.3 is 4.52 Å². The first-order valence-electron chi connectivity index (χ1n) is 7.90. The molecule has 3 heterocycles. The average Bonchev–Trinajstić information content (AvgIpc) is 3.20. The van der Waals surface area contributed by atoms with Crippen LogP contribution in [0.25, 0.3) is 0 Å². The lowest BCUT2D eigenvalue weighted by Crippen LogP contribution is -2.48. The fourth-order valence-corrected chi connectivity index (χ4v) is 3.04. The van der Waals surface area contributed by atoms with Gasteiger partial charge >= 0.3 is 0 Å². The maximum absolute atomic E-state index is 11.8. The fraction of sp³-hybridized carbons (Fsp3) is 0.562. The van der Waals surface area contributed by atoms with Gasteiger partial charge in [-0.2, -0.15) is 5.10 Å². The minimum atomic E-state index is -0.0189. The van der Waals surface area contributed by atoms with Gasteiger partial charge in [-0.25, -0.2) is 4.68 Å². The summed E-state index contributed by atoms with van der Waals surface area (Å²) in [4.78, 5) is 14.1. The van der Waals surface area contributed by atoms with Crippen molar-refractivity contribution in [2.75, 3.05) is 13.1 Å². The molecule has 0 unspecified atom stereocenters. The maximum atomic E-state index is 11.8. The first-order chi connectivity index (χ1) is 10.7. The van der Waals surface area contributed by atoms with Crippen molar-refractivity contribution in [3.05, 3.63) is 45.7 Å². The molecule has 0 atom stereocenters. The molecule has 1 aliphatic carbocycles. The van der Waals surface area contributed by atoms with Gasteiger partial charge in [0.05, 0.1) is 17.9 Å². The number of hydrogen-bond acceptors (Lipinski definition) is 5. The van der Waals surface area contributed by atoms with Gasteiger partial charge in [0, 0.05) is 43.6 Å². The number of aryl methyl sites for hydroxylation is 1. The van der Waals surface area contributed by atoms with Crippen LogP contribution in [0.2, 0.25) is 0 Å². The van der Waals surface area contributed by atoms with Gasteiger partial charge in [0.1, 0.15) is 5.76 Å². The Hall–Kier alpha value is -1.95. The van der Waals surface area contributed by atoms with E-state index in [0.717, 1.165) is 36.8 Å². The molecule has 6 heteroatoms. The molecule has 0 amide bonds. The molecule has 0 bridgehead atoms. The summed E-state index contributed by atoms with van der Waals surface area (Å²) in [6.07, 6.45) is 2.47. The predicted molar refractivity (Wildman–Crippen MR) is 80.5 cm³/mol. The lowest BCUT2D eigenvalue weighted by Gasteiger charge is -2.38. The number of aromatic nitrogens is 3. The normalized spacial score (nSPS) is 19.3. The second-order valence-corrected chi connectivity index (χ2v) is 6.55. The molecule has 4 rings (SSSR count). The number of hydrogen-bond donors (Lipinski definition) is 0. The van der Waals surface area contributed by atoms with Gasteiger partial charge in [0.15, 0.2) is 0 Å². The minimum Gasteiger partial charge on any atom is -0.361 e. The minimum absolute atomic E-state index is 0.0189. The highest BCUT2D eigenvalue weighted by molar-refractivity contribution is 5.14. The molecule has 2 aliphatic rings. The Morgan fingerprint density at radius 2 is 2.14 bits per heavy atom. The van der Waals surface area contributed by atoms with Gasteiger partial charge in [0.25, 0.3) is 5.56 Å². The Kier molecular flexibility index (Phi) is 3.33. The third-order valence-electron chi connectivity index (χ3n) is 4.41. The molecule has 0 N–H and O–H groups in total. The molecule has 2 aromatic rings. The molecule has 0 aromatic carbocycles. The van der Waals surface area contributed by atoms with Gasteiger partial charge in [-0.3, -0.25) is 9.69 Å². The summed E-state index contributed by atoms with van der Waals surface area (Å²) in [5.41, 5.74) is 1.88. The third kappa shape index (κ3) is 2.83. The van der Waals surface area contributed by atoms with Crippen molar-refractivity contribution in [2.45, 2.75) is 38.8 Å². The van der Waals surface area contributed by atoms with E-state index in [-0.39, 0.29) is 5.56 Å². The molecule has 0 spiro atoms. The van der Waals surface area contributed by atoms with Crippen LogP contribution < -0.4 is 5.56 Å². The lowest BCUT2D eigenvalue weighted by molar-refractivity contribution is 0.0742. The zero-order chi connectivity index (χ0) is 15.1. The topological polar surface area (TPSA) is 64.2 Å². The third-order valence-corrected chi connectivity index (χ3v) is 4.41. The Morgan fingerprint density at radius 3 is 2.91 bits per heavy atom. The van der Waals surface area contributed by atoms with Gasteiger partial charge in [-0.15, -0.1) is 0 Å². The Balaban J connectivity index is 1.30. The molecule has 1 aliphatic heterocycles.